The number of hydrogen-bond donors (Lipinski definition) is 3. The number of nitro benzene ring substituents is 1. The third kappa shape index (κ3) is 3.50. The predicted molar refractivity (Wildman–Crippen MR) is 69.3 cm³/mol. The third-order valence-corrected chi connectivity index (χ3v) is 2.74. The number of ether oxygens (including phenoxy) is 1. The number of nitrogens with zero attached hydrogens (tertiary/aromatic N) is 1. The molecule has 0 aliphatic heterocycles. The largest absolute Gasteiger partial charge is 0.465 e. The van der Waals surface area contributed by atoms with Gasteiger partial charge in [0.2, 0.25) is 0 Å². The molecule has 0 aromatic heterocycles. The maximum Gasteiger partial charge on any atom is 0.338 e. The molecule has 0 fully saturated rings. The number of carbonyl (C=O) groups is 1. The van der Waals surface area contributed by atoms with E-state index in [1.54, 1.807) is 7.05 Å². The van der Waals surface area contributed by atoms with Gasteiger partial charge in [0.25, 0.3) is 5.69 Å². The van der Waals surface area contributed by atoms with Gasteiger partial charge < -0.3 is 20.3 Å². The van der Waals surface area contributed by atoms with Crippen LogP contribution >= 0.6 is 0 Å². The monoisotopic (exact) mass is 284 g/mol. The maximum atomic E-state index is 11.3. The van der Waals surface area contributed by atoms with E-state index in [0.717, 1.165) is 13.2 Å². The van der Waals surface area contributed by atoms with Gasteiger partial charge in [0.1, 0.15) is 6.10 Å². The SMILES string of the molecule is CNCC(O)C(O)c1ccc(C(=O)OC)cc1[N+](=O)[O-]. The van der Waals surface area contributed by atoms with Crippen LogP contribution in [-0.2, 0) is 4.74 Å². The van der Waals surface area contributed by atoms with Crippen molar-refractivity contribution in [2.24, 2.45) is 0 Å². The highest BCUT2D eigenvalue weighted by Crippen LogP contribution is 2.28. The summed E-state index contributed by atoms with van der Waals surface area (Å²) in [6.07, 6.45) is -2.64. The second kappa shape index (κ2) is 6.94. The summed E-state index contributed by atoms with van der Waals surface area (Å²) in [4.78, 5) is 21.6. The number of methoxy groups -OCH3 is 1. The van der Waals surface area contributed by atoms with Crippen molar-refractivity contribution in [3.63, 3.8) is 0 Å². The summed E-state index contributed by atoms with van der Waals surface area (Å²) in [7, 11) is 2.73. The van der Waals surface area contributed by atoms with Crippen molar-refractivity contribution in [1.82, 2.24) is 5.32 Å². The van der Waals surface area contributed by atoms with Crippen molar-refractivity contribution in [2.75, 3.05) is 20.7 Å². The molecule has 2 unspecified atom stereocenters. The van der Waals surface area contributed by atoms with E-state index in [0.29, 0.717) is 0 Å². The zero-order valence-corrected chi connectivity index (χ0v) is 11.1. The Kier molecular flexibility index (Phi) is 5.56. The first-order chi connectivity index (χ1) is 9.42. The molecule has 0 bridgehead atoms. The lowest BCUT2D eigenvalue weighted by molar-refractivity contribution is -0.386. The topological polar surface area (TPSA) is 122 Å². The summed E-state index contributed by atoms with van der Waals surface area (Å²) in [5.74, 6) is -0.718. The van der Waals surface area contributed by atoms with Crippen LogP contribution < -0.4 is 5.32 Å². The lowest BCUT2D eigenvalue weighted by Gasteiger charge is -2.18. The van der Waals surface area contributed by atoms with Crippen LogP contribution in [0.15, 0.2) is 18.2 Å². The van der Waals surface area contributed by atoms with E-state index in [9.17, 15) is 25.1 Å². The van der Waals surface area contributed by atoms with Crippen LogP contribution in [0.5, 0.6) is 0 Å². The molecule has 1 rings (SSSR count). The van der Waals surface area contributed by atoms with E-state index < -0.39 is 28.8 Å². The summed E-state index contributed by atoms with van der Waals surface area (Å²) in [6.45, 7) is 0.0665. The molecule has 0 amide bonds. The molecular weight excluding hydrogens is 268 g/mol. The van der Waals surface area contributed by atoms with E-state index in [1.165, 1.54) is 12.1 Å². The summed E-state index contributed by atoms with van der Waals surface area (Å²) < 4.78 is 4.47. The van der Waals surface area contributed by atoms with Crippen molar-refractivity contribution in [3.05, 3.63) is 39.4 Å². The number of esters is 1. The van der Waals surface area contributed by atoms with Crippen LogP contribution in [0, 0.1) is 10.1 Å². The van der Waals surface area contributed by atoms with E-state index in [-0.39, 0.29) is 17.7 Å². The summed E-state index contributed by atoms with van der Waals surface area (Å²) in [6, 6.07) is 3.54. The number of likely N-dealkylation sites (N-methyl/N-ethyl adjacent to an activating group) is 1. The number of hydrogen-bond acceptors (Lipinski definition) is 7. The molecule has 0 radical (unpaired) electrons. The molecule has 110 valence electrons. The Morgan fingerprint density at radius 1 is 1.50 bits per heavy atom. The quantitative estimate of drug-likeness (QED) is 0.381. The van der Waals surface area contributed by atoms with Gasteiger partial charge in [-0.3, -0.25) is 10.1 Å². The minimum absolute atomic E-state index is 0.00161. The summed E-state index contributed by atoms with van der Waals surface area (Å²) >= 11 is 0. The van der Waals surface area contributed by atoms with Gasteiger partial charge in [-0.05, 0) is 19.2 Å². The first kappa shape index (κ1) is 16.0. The minimum atomic E-state index is -1.44. The Bertz CT molecular complexity index is 505. The lowest BCUT2D eigenvalue weighted by Crippen LogP contribution is -2.30. The first-order valence-corrected chi connectivity index (χ1v) is 5.79. The average molecular weight is 284 g/mol. The number of nitro groups is 1. The fourth-order valence-electron chi connectivity index (χ4n) is 1.72. The van der Waals surface area contributed by atoms with Gasteiger partial charge in [-0.15, -0.1) is 0 Å². The van der Waals surface area contributed by atoms with Crippen LogP contribution in [0.2, 0.25) is 0 Å². The van der Waals surface area contributed by atoms with Gasteiger partial charge in [-0.2, -0.15) is 0 Å². The van der Waals surface area contributed by atoms with Crippen LogP contribution in [0.1, 0.15) is 22.0 Å². The minimum Gasteiger partial charge on any atom is -0.465 e. The number of carbonyl (C=O) groups excluding carboxylic acids is 1. The molecule has 0 aliphatic carbocycles. The number of benzene rings is 1. The molecule has 8 nitrogen and oxygen atoms in total. The van der Waals surface area contributed by atoms with Crippen LogP contribution in [0.4, 0.5) is 5.69 Å². The van der Waals surface area contributed by atoms with E-state index >= 15 is 0 Å². The molecule has 20 heavy (non-hydrogen) atoms. The highest BCUT2D eigenvalue weighted by atomic mass is 16.6. The average Bonchev–Trinajstić information content (AvgIpc) is 2.45. The standard InChI is InChI=1S/C12H16N2O6/c1-13-6-10(15)11(16)8-4-3-7(12(17)20-2)5-9(8)14(18)19/h3-5,10-11,13,15-16H,6H2,1-2H3. The van der Waals surface area contributed by atoms with Gasteiger partial charge >= 0.3 is 5.97 Å². The highest BCUT2D eigenvalue weighted by Gasteiger charge is 2.27. The molecular formula is C12H16N2O6. The zero-order valence-electron chi connectivity index (χ0n) is 11.1. The lowest BCUT2D eigenvalue weighted by atomic mass is 10.0. The Labute approximate surface area is 115 Å². The molecule has 0 saturated heterocycles. The fraction of sp³-hybridized carbons (Fsp3) is 0.417. The van der Waals surface area contributed by atoms with Crippen molar-refractivity contribution in [2.45, 2.75) is 12.2 Å². The fourth-order valence-corrected chi connectivity index (χ4v) is 1.72. The Morgan fingerprint density at radius 3 is 2.65 bits per heavy atom. The van der Waals surface area contributed by atoms with E-state index in [4.69, 9.17) is 0 Å². The second-order valence-electron chi connectivity index (χ2n) is 4.09. The molecule has 0 aliphatic rings. The third-order valence-electron chi connectivity index (χ3n) is 2.74. The Morgan fingerprint density at radius 2 is 2.15 bits per heavy atom. The Balaban J connectivity index is 3.20. The van der Waals surface area contributed by atoms with Crippen molar-refractivity contribution < 1.29 is 24.7 Å². The molecule has 2 atom stereocenters. The first-order valence-electron chi connectivity index (χ1n) is 5.79. The predicted octanol–water partition coefficient (Wildman–Crippen LogP) is -0.00490. The molecule has 0 saturated carbocycles. The smallest absolute Gasteiger partial charge is 0.338 e. The summed E-state index contributed by atoms with van der Waals surface area (Å²) in [5, 5.41) is 33.3. The van der Waals surface area contributed by atoms with E-state index in [1.807, 2.05) is 0 Å². The van der Waals surface area contributed by atoms with Gasteiger partial charge in [-0.25, -0.2) is 4.79 Å². The molecule has 1 aromatic rings. The van der Waals surface area contributed by atoms with Crippen molar-refractivity contribution in [1.29, 1.82) is 0 Å². The molecule has 0 heterocycles. The number of rotatable bonds is 6. The van der Waals surface area contributed by atoms with Gasteiger partial charge in [0.15, 0.2) is 0 Å². The normalized spacial score (nSPS) is 13.6. The highest BCUT2D eigenvalue weighted by molar-refractivity contribution is 5.90. The maximum absolute atomic E-state index is 11.3. The van der Waals surface area contributed by atoms with E-state index in [2.05, 4.69) is 10.1 Å². The van der Waals surface area contributed by atoms with Crippen LogP contribution in [0.25, 0.3) is 0 Å². The molecule has 1 aromatic carbocycles. The second-order valence-corrected chi connectivity index (χ2v) is 4.09. The summed E-state index contributed by atoms with van der Waals surface area (Å²) in [5.41, 5.74) is -0.515. The Hall–Kier alpha value is -2.03. The van der Waals surface area contributed by atoms with Crippen molar-refractivity contribution >= 4 is 11.7 Å². The van der Waals surface area contributed by atoms with Gasteiger partial charge in [-0.1, -0.05) is 0 Å². The zero-order chi connectivity index (χ0) is 15.3. The molecule has 0 spiro atoms. The van der Waals surface area contributed by atoms with Crippen LogP contribution in [-0.4, -0.2) is 47.9 Å². The van der Waals surface area contributed by atoms with Gasteiger partial charge in [0.05, 0.1) is 29.3 Å². The van der Waals surface area contributed by atoms with Crippen molar-refractivity contribution in [3.8, 4) is 0 Å². The molecule has 8 heteroatoms. The number of aliphatic hydroxyl groups is 2. The van der Waals surface area contributed by atoms with Gasteiger partial charge in [0, 0.05) is 12.6 Å². The number of nitrogens with one attached hydrogen (secondary N) is 1. The van der Waals surface area contributed by atoms with Crippen LogP contribution in [0.3, 0.4) is 0 Å². The molecule has 3 N–H and O–H groups in total. The number of aliphatic hydroxyl groups excluding tert-OH is 2.